The Morgan fingerprint density at radius 1 is 1.05 bits per heavy atom. The van der Waals surface area contributed by atoms with Gasteiger partial charge in [-0.1, -0.05) is 12.8 Å². The lowest BCUT2D eigenvalue weighted by Crippen LogP contribution is -2.40. The van der Waals surface area contributed by atoms with Gasteiger partial charge in [-0.2, -0.15) is 0 Å². The maximum atomic E-state index is 13.7. The van der Waals surface area contributed by atoms with Gasteiger partial charge in [0.25, 0.3) is 0 Å². The minimum atomic E-state index is -0.907. The minimum absolute atomic E-state index is 0.258. The molecule has 1 spiro atoms. The van der Waals surface area contributed by atoms with Gasteiger partial charge in [0.05, 0.1) is 35.9 Å². The molecule has 3 aliphatic rings. The van der Waals surface area contributed by atoms with Gasteiger partial charge >= 0.3 is 5.97 Å². The van der Waals surface area contributed by atoms with Crippen LogP contribution in [0.3, 0.4) is 0 Å². The normalized spacial score (nSPS) is 19.8. The van der Waals surface area contributed by atoms with Crippen LogP contribution in [0.15, 0.2) is 24.5 Å². The summed E-state index contributed by atoms with van der Waals surface area (Å²) in [6.45, 7) is 15.9. The molecule has 4 heterocycles. The van der Waals surface area contributed by atoms with Gasteiger partial charge in [-0.3, -0.25) is 9.97 Å². The van der Waals surface area contributed by atoms with E-state index in [-0.39, 0.29) is 12.1 Å². The third-order valence-electron chi connectivity index (χ3n) is 9.54. The van der Waals surface area contributed by atoms with Crippen LogP contribution in [0.4, 0.5) is 5.69 Å². The number of ether oxygens (including phenoxy) is 4. The van der Waals surface area contributed by atoms with Crippen LogP contribution in [0.25, 0.3) is 11.3 Å². The summed E-state index contributed by atoms with van der Waals surface area (Å²) >= 11 is 0. The second-order valence-corrected chi connectivity index (χ2v) is 14.4. The van der Waals surface area contributed by atoms with Gasteiger partial charge in [0, 0.05) is 49.3 Å². The highest BCUT2D eigenvalue weighted by Crippen LogP contribution is 2.49. The van der Waals surface area contributed by atoms with Crippen molar-refractivity contribution in [1.29, 1.82) is 0 Å². The highest BCUT2D eigenvalue weighted by Gasteiger charge is 2.40. The molecule has 0 unspecified atom stereocenters. The maximum Gasteiger partial charge on any atom is 0.340 e. The van der Waals surface area contributed by atoms with E-state index < -0.39 is 11.7 Å². The van der Waals surface area contributed by atoms with E-state index in [1.165, 1.54) is 25.7 Å². The fourth-order valence-electron chi connectivity index (χ4n) is 7.16. The minimum Gasteiger partial charge on any atom is -0.492 e. The van der Waals surface area contributed by atoms with Crippen molar-refractivity contribution in [3.8, 4) is 17.0 Å². The molecular formula is C36H53N3O5. The number of esters is 1. The van der Waals surface area contributed by atoms with Crippen LogP contribution < -0.4 is 9.64 Å². The van der Waals surface area contributed by atoms with Crippen molar-refractivity contribution in [2.45, 2.75) is 117 Å². The Bertz CT molecular complexity index is 1230. The third kappa shape index (κ3) is 8.11. The lowest BCUT2D eigenvalue weighted by atomic mass is 9.76. The first-order valence-electron chi connectivity index (χ1n) is 16.8. The Hall–Kier alpha value is -2.71. The molecule has 8 nitrogen and oxygen atoms in total. The van der Waals surface area contributed by atoms with Crippen molar-refractivity contribution in [2.75, 3.05) is 37.8 Å². The molecule has 0 amide bonds. The summed E-state index contributed by atoms with van der Waals surface area (Å²) in [6.07, 6.45) is 13.4. The van der Waals surface area contributed by atoms with Gasteiger partial charge in [0.15, 0.2) is 6.10 Å². The lowest BCUT2D eigenvalue weighted by Gasteiger charge is -2.42. The fraction of sp³-hybridized carbons (Fsp3) is 0.694. The van der Waals surface area contributed by atoms with E-state index in [0.717, 1.165) is 92.4 Å². The molecule has 2 aromatic rings. The number of nitrogens with zero attached hydrogens (tertiary/aromatic N) is 3. The van der Waals surface area contributed by atoms with Gasteiger partial charge in [0.1, 0.15) is 5.75 Å². The van der Waals surface area contributed by atoms with Crippen molar-refractivity contribution < 1.29 is 23.7 Å². The largest absolute Gasteiger partial charge is 0.492 e. The first-order chi connectivity index (χ1) is 21.0. The molecule has 44 heavy (non-hydrogen) atoms. The Kier molecular flexibility index (Phi) is 10.5. The zero-order valence-corrected chi connectivity index (χ0v) is 27.8. The van der Waals surface area contributed by atoms with E-state index in [0.29, 0.717) is 17.9 Å². The van der Waals surface area contributed by atoms with Gasteiger partial charge in [-0.05, 0) is 110 Å². The molecule has 0 aromatic carbocycles. The van der Waals surface area contributed by atoms with Crippen molar-refractivity contribution in [1.82, 2.24) is 9.97 Å². The maximum absolute atomic E-state index is 13.7. The van der Waals surface area contributed by atoms with Crippen LogP contribution in [-0.4, -0.2) is 60.6 Å². The van der Waals surface area contributed by atoms with Gasteiger partial charge in [-0.15, -0.1) is 0 Å². The van der Waals surface area contributed by atoms with Crippen LogP contribution in [0, 0.1) is 18.3 Å². The van der Waals surface area contributed by atoms with Crippen LogP contribution in [0.5, 0.6) is 5.75 Å². The van der Waals surface area contributed by atoms with Crippen molar-refractivity contribution in [2.24, 2.45) is 11.3 Å². The number of aryl methyl sites for hydroxylation is 1. The zero-order chi connectivity index (χ0) is 31.3. The zero-order valence-electron chi connectivity index (χ0n) is 27.8. The number of pyridine rings is 2. The Balaban J connectivity index is 1.48. The quantitative estimate of drug-likeness (QED) is 0.255. The first kappa shape index (κ1) is 32.7. The monoisotopic (exact) mass is 607 g/mol. The average molecular weight is 608 g/mol. The molecule has 3 fully saturated rings. The first-order valence-corrected chi connectivity index (χ1v) is 16.8. The van der Waals surface area contributed by atoms with Gasteiger partial charge in [-0.25, -0.2) is 4.79 Å². The third-order valence-corrected chi connectivity index (χ3v) is 9.54. The summed E-state index contributed by atoms with van der Waals surface area (Å²) in [7, 11) is 0. The molecule has 242 valence electrons. The summed E-state index contributed by atoms with van der Waals surface area (Å²) < 4.78 is 23.9. The molecule has 2 aliphatic heterocycles. The van der Waals surface area contributed by atoms with Crippen molar-refractivity contribution in [3.05, 3.63) is 35.8 Å². The number of anilines is 1. The Morgan fingerprint density at radius 2 is 1.75 bits per heavy atom. The topological polar surface area (TPSA) is 83.0 Å². The fourth-order valence-corrected chi connectivity index (χ4v) is 7.16. The Morgan fingerprint density at radius 3 is 2.36 bits per heavy atom. The van der Waals surface area contributed by atoms with Crippen molar-refractivity contribution in [3.63, 3.8) is 0 Å². The number of hydrogen-bond donors (Lipinski definition) is 0. The average Bonchev–Trinajstić information content (AvgIpc) is 3.44. The molecule has 0 N–H and O–H groups in total. The number of piperidine rings is 1. The van der Waals surface area contributed by atoms with Crippen LogP contribution in [0.1, 0.15) is 110 Å². The number of rotatable bonds is 10. The summed E-state index contributed by atoms with van der Waals surface area (Å²) in [4.78, 5) is 25.8. The summed E-state index contributed by atoms with van der Waals surface area (Å²) in [5.74, 6) is 1.04. The molecular weight excluding hydrogens is 554 g/mol. The second-order valence-electron chi connectivity index (χ2n) is 14.4. The summed E-state index contributed by atoms with van der Waals surface area (Å²) in [6, 6.07) is 4.01. The number of hydrogen-bond acceptors (Lipinski definition) is 8. The predicted molar refractivity (Wildman–Crippen MR) is 173 cm³/mol. The van der Waals surface area contributed by atoms with E-state index >= 15 is 0 Å². The molecule has 2 saturated heterocycles. The molecule has 5 rings (SSSR count). The smallest absolute Gasteiger partial charge is 0.340 e. The van der Waals surface area contributed by atoms with Crippen LogP contribution >= 0.6 is 0 Å². The van der Waals surface area contributed by atoms with E-state index in [1.54, 1.807) is 0 Å². The van der Waals surface area contributed by atoms with Crippen LogP contribution in [0.2, 0.25) is 0 Å². The van der Waals surface area contributed by atoms with Crippen LogP contribution in [-0.2, 0) is 19.0 Å². The Labute approximate surface area is 264 Å². The molecule has 0 bridgehead atoms. The van der Waals surface area contributed by atoms with E-state index in [1.807, 2.05) is 66.1 Å². The molecule has 1 atom stereocenters. The lowest BCUT2D eigenvalue weighted by molar-refractivity contribution is -0.171. The number of carbonyl (C=O) groups is 1. The number of carbonyl (C=O) groups excluding carboxylic acids is 1. The van der Waals surface area contributed by atoms with Crippen molar-refractivity contribution >= 4 is 11.7 Å². The molecule has 1 aliphatic carbocycles. The molecule has 0 radical (unpaired) electrons. The van der Waals surface area contributed by atoms with E-state index in [4.69, 9.17) is 28.9 Å². The van der Waals surface area contributed by atoms with E-state index in [2.05, 4.69) is 4.90 Å². The summed E-state index contributed by atoms with van der Waals surface area (Å²) in [5.41, 5.74) is 4.13. The SMILES string of the molecule is Cc1ncc(-c2ccc(OCCC3CCOCC3)cn2)c(N2CCC3(CCCC3)CC2)c1[C@H](OC(C)(C)C)C(=O)OC(C)C. The highest BCUT2D eigenvalue weighted by molar-refractivity contribution is 5.86. The highest BCUT2D eigenvalue weighted by atomic mass is 16.6. The van der Waals surface area contributed by atoms with E-state index in [9.17, 15) is 4.79 Å². The molecule has 2 aromatic heterocycles. The summed E-state index contributed by atoms with van der Waals surface area (Å²) in [5, 5.41) is 0. The standard InChI is InChI=1S/C36H53N3O5/c1-25(2)43-34(40)33(44-35(4,5)6)31-26(3)37-24-29(32(31)39-18-16-36(17-19-39)14-7-8-15-36)30-10-9-28(23-38-30)42-22-13-27-11-20-41-21-12-27/h9-10,23-25,27,33H,7-8,11-22H2,1-6H3/t33-/m0/s1. The second kappa shape index (κ2) is 14.2. The van der Waals surface area contributed by atoms with Gasteiger partial charge in [0.2, 0.25) is 0 Å². The number of aromatic nitrogens is 2. The predicted octanol–water partition coefficient (Wildman–Crippen LogP) is 7.62. The molecule has 8 heteroatoms. The molecule has 1 saturated carbocycles. The van der Waals surface area contributed by atoms with Gasteiger partial charge < -0.3 is 23.8 Å².